The number of piperazine rings is 1. The zero-order chi connectivity index (χ0) is 24.6. The molecule has 0 radical (unpaired) electrons. The molecule has 0 spiro atoms. The first kappa shape index (κ1) is 26.4. The van der Waals surface area contributed by atoms with E-state index in [1.54, 1.807) is 20.6 Å². The molecule has 1 aromatic carbocycles. The molecule has 1 saturated carbocycles. The highest BCUT2D eigenvalue weighted by Crippen LogP contribution is 2.25. The smallest absolute Gasteiger partial charge is 0.282 e. The van der Waals surface area contributed by atoms with E-state index in [0.29, 0.717) is 39.3 Å². The summed E-state index contributed by atoms with van der Waals surface area (Å²) in [5.41, 5.74) is 0.721. The fourth-order valence-electron chi connectivity index (χ4n) is 4.66. The third-order valence-electron chi connectivity index (χ3n) is 6.68. The first-order chi connectivity index (χ1) is 16.4. The van der Waals surface area contributed by atoms with Gasteiger partial charge >= 0.3 is 0 Å². The SMILES string of the molecule is CCOc1ccc(N(CCC#N)C(=O)CN2CCN(S(=O)(=O)N(C)C3CCCCC3)CC2)cc1. The number of hydrogen-bond acceptors (Lipinski definition) is 6. The van der Waals surface area contributed by atoms with E-state index < -0.39 is 10.2 Å². The number of carbonyl (C=O) groups excluding carboxylic acids is 1. The number of nitrogens with zero attached hydrogens (tertiary/aromatic N) is 5. The summed E-state index contributed by atoms with van der Waals surface area (Å²) in [6.45, 7) is 4.71. The van der Waals surface area contributed by atoms with Crippen LogP contribution in [-0.2, 0) is 15.0 Å². The maximum absolute atomic E-state index is 13.1. The van der Waals surface area contributed by atoms with Gasteiger partial charge in [0.1, 0.15) is 5.75 Å². The number of nitriles is 1. The molecule has 0 aromatic heterocycles. The Bertz CT molecular complexity index is 933. The highest BCUT2D eigenvalue weighted by atomic mass is 32.2. The van der Waals surface area contributed by atoms with Crippen molar-refractivity contribution in [2.75, 3.05) is 57.8 Å². The molecule has 3 rings (SSSR count). The number of benzene rings is 1. The normalized spacial score (nSPS) is 18.5. The van der Waals surface area contributed by atoms with Gasteiger partial charge < -0.3 is 9.64 Å². The lowest BCUT2D eigenvalue weighted by Crippen LogP contribution is -2.55. The molecule has 9 nitrogen and oxygen atoms in total. The third kappa shape index (κ3) is 6.69. The molecule has 1 saturated heterocycles. The van der Waals surface area contributed by atoms with Gasteiger partial charge in [-0.3, -0.25) is 9.69 Å². The van der Waals surface area contributed by atoms with E-state index in [0.717, 1.165) is 37.1 Å². The Balaban J connectivity index is 1.57. The summed E-state index contributed by atoms with van der Waals surface area (Å²) in [5.74, 6) is 0.629. The van der Waals surface area contributed by atoms with Crippen LogP contribution in [0.3, 0.4) is 0 Å². The van der Waals surface area contributed by atoms with Gasteiger partial charge in [-0.1, -0.05) is 19.3 Å². The molecule has 10 heteroatoms. The summed E-state index contributed by atoms with van der Waals surface area (Å²) in [6, 6.07) is 9.48. The fraction of sp³-hybridized carbons (Fsp3) is 0.667. The van der Waals surface area contributed by atoms with Gasteiger partial charge in [-0.15, -0.1) is 0 Å². The first-order valence-electron chi connectivity index (χ1n) is 12.2. The molecule has 2 aliphatic rings. The Kier molecular flexibility index (Phi) is 9.71. The maximum atomic E-state index is 13.1. The third-order valence-corrected chi connectivity index (χ3v) is 8.72. The van der Waals surface area contributed by atoms with E-state index in [4.69, 9.17) is 10.00 Å². The average molecular weight is 492 g/mol. The van der Waals surface area contributed by atoms with Crippen molar-refractivity contribution < 1.29 is 17.9 Å². The summed E-state index contributed by atoms with van der Waals surface area (Å²) in [5, 5.41) is 9.04. The number of amides is 1. The van der Waals surface area contributed by atoms with Gasteiger partial charge in [0.2, 0.25) is 5.91 Å². The number of anilines is 1. The lowest BCUT2D eigenvalue weighted by molar-refractivity contribution is -0.120. The maximum Gasteiger partial charge on any atom is 0.282 e. The zero-order valence-electron chi connectivity index (χ0n) is 20.4. The first-order valence-corrected chi connectivity index (χ1v) is 13.6. The van der Waals surface area contributed by atoms with Crippen LogP contribution in [-0.4, -0.2) is 86.8 Å². The van der Waals surface area contributed by atoms with Gasteiger partial charge in [-0.05, 0) is 44.0 Å². The van der Waals surface area contributed by atoms with Crippen LogP contribution in [0.4, 0.5) is 5.69 Å². The lowest BCUT2D eigenvalue weighted by Gasteiger charge is -2.38. The largest absolute Gasteiger partial charge is 0.494 e. The molecule has 1 aliphatic carbocycles. The minimum Gasteiger partial charge on any atom is -0.494 e. The predicted octanol–water partition coefficient (Wildman–Crippen LogP) is 2.46. The van der Waals surface area contributed by atoms with Crippen LogP contribution in [0, 0.1) is 11.3 Å². The van der Waals surface area contributed by atoms with Gasteiger partial charge in [-0.2, -0.15) is 22.3 Å². The van der Waals surface area contributed by atoms with E-state index in [9.17, 15) is 13.2 Å². The number of carbonyl (C=O) groups is 1. The van der Waals surface area contributed by atoms with Crippen molar-refractivity contribution in [3.63, 3.8) is 0 Å². The highest BCUT2D eigenvalue weighted by molar-refractivity contribution is 7.86. The molecular weight excluding hydrogens is 454 g/mol. The van der Waals surface area contributed by atoms with Gasteiger partial charge in [-0.25, -0.2) is 0 Å². The van der Waals surface area contributed by atoms with Crippen molar-refractivity contribution in [3.8, 4) is 11.8 Å². The Hall–Kier alpha value is -2.19. The molecule has 0 unspecified atom stereocenters. The van der Waals surface area contributed by atoms with Gasteiger partial charge in [0.25, 0.3) is 10.2 Å². The van der Waals surface area contributed by atoms with Crippen LogP contribution in [0.25, 0.3) is 0 Å². The Morgan fingerprint density at radius 1 is 1.12 bits per heavy atom. The molecule has 34 heavy (non-hydrogen) atoms. The van der Waals surface area contributed by atoms with Gasteiger partial charge in [0, 0.05) is 51.5 Å². The summed E-state index contributed by atoms with van der Waals surface area (Å²) >= 11 is 0. The van der Waals surface area contributed by atoms with Crippen molar-refractivity contribution in [2.45, 2.75) is 51.5 Å². The number of ether oxygens (including phenoxy) is 1. The standard InChI is InChI=1S/C24H37N5O4S/c1-3-33-23-12-10-22(11-13-23)29(15-7-14-25)24(30)20-27-16-18-28(19-17-27)34(31,32)26(2)21-8-5-4-6-9-21/h10-13,21H,3-9,15-20H2,1-2H3. The Morgan fingerprint density at radius 3 is 2.35 bits per heavy atom. The molecule has 1 aromatic rings. The monoisotopic (exact) mass is 491 g/mol. The second-order valence-corrected chi connectivity index (χ2v) is 10.9. The topological polar surface area (TPSA) is 97.2 Å². The van der Waals surface area contributed by atoms with E-state index >= 15 is 0 Å². The van der Waals surface area contributed by atoms with Crippen molar-refractivity contribution in [1.82, 2.24) is 13.5 Å². The molecule has 1 heterocycles. The predicted molar refractivity (Wildman–Crippen MR) is 132 cm³/mol. The second kappa shape index (κ2) is 12.5. The van der Waals surface area contributed by atoms with Gasteiger partial charge in [0.05, 0.1) is 25.6 Å². The molecule has 188 valence electrons. The van der Waals surface area contributed by atoms with Gasteiger partial charge in [0.15, 0.2) is 0 Å². The molecule has 1 amide bonds. The summed E-state index contributed by atoms with van der Waals surface area (Å²) in [6.07, 6.45) is 5.42. The lowest BCUT2D eigenvalue weighted by atomic mass is 9.96. The van der Waals surface area contributed by atoms with Crippen LogP contribution in [0.1, 0.15) is 45.4 Å². The van der Waals surface area contributed by atoms with E-state index in [-0.39, 0.29) is 24.9 Å². The van der Waals surface area contributed by atoms with Crippen LogP contribution >= 0.6 is 0 Å². The van der Waals surface area contributed by atoms with Crippen LogP contribution in [0.5, 0.6) is 5.75 Å². The molecule has 0 atom stereocenters. The van der Waals surface area contributed by atoms with Crippen LogP contribution < -0.4 is 9.64 Å². The average Bonchev–Trinajstić information content (AvgIpc) is 2.86. The molecule has 0 N–H and O–H groups in total. The summed E-state index contributed by atoms with van der Waals surface area (Å²) in [4.78, 5) is 16.7. The molecular formula is C24H37N5O4S. The minimum absolute atomic E-state index is 0.0844. The van der Waals surface area contributed by atoms with Crippen LogP contribution in [0.15, 0.2) is 24.3 Å². The number of hydrogen-bond donors (Lipinski definition) is 0. The van der Waals surface area contributed by atoms with E-state index in [1.807, 2.05) is 36.1 Å². The van der Waals surface area contributed by atoms with Crippen molar-refractivity contribution in [2.24, 2.45) is 0 Å². The minimum atomic E-state index is -3.50. The summed E-state index contributed by atoms with van der Waals surface area (Å²) in [7, 11) is -1.80. The summed E-state index contributed by atoms with van der Waals surface area (Å²) < 4.78 is 34.8. The Morgan fingerprint density at radius 2 is 1.76 bits per heavy atom. The van der Waals surface area contributed by atoms with Crippen molar-refractivity contribution >= 4 is 21.8 Å². The number of rotatable bonds is 10. The fourth-order valence-corrected chi connectivity index (χ4v) is 6.24. The molecule has 1 aliphatic heterocycles. The zero-order valence-corrected chi connectivity index (χ0v) is 21.2. The van der Waals surface area contributed by atoms with E-state index in [1.165, 1.54) is 6.42 Å². The van der Waals surface area contributed by atoms with E-state index in [2.05, 4.69) is 6.07 Å². The molecule has 2 fully saturated rings. The highest BCUT2D eigenvalue weighted by Gasteiger charge is 2.35. The van der Waals surface area contributed by atoms with Crippen LogP contribution in [0.2, 0.25) is 0 Å². The Labute approximate surface area is 204 Å². The quantitative estimate of drug-likeness (QED) is 0.499. The van der Waals surface area contributed by atoms with Crippen molar-refractivity contribution in [1.29, 1.82) is 5.26 Å². The molecule has 0 bridgehead atoms. The second-order valence-electron chi connectivity index (χ2n) is 8.87. The van der Waals surface area contributed by atoms with Crippen molar-refractivity contribution in [3.05, 3.63) is 24.3 Å².